The van der Waals surface area contributed by atoms with Crippen molar-refractivity contribution in [3.63, 3.8) is 0 Å². The van der Waals surface area contributed by atoms with Crippen LogP contribution >= 0.6 is 0 Å². The van der Waals surface area contributed by atoms with E-state index in [0.29, 0.717) is 17.5 Å². The van der Waals surface area contributed by atoms with Gasteiger partial charge < -0.3 is 8.83 Å². The Morgan fingerprint density at radius 2 is 0.823 bits per heavy atom. The standard InChI is InChI=1S/C57H33N3O2/c1-3-11-38-31-40(25-21-34(38)9-1)36-19-23-37(24-20-36)55-58-56(43-27-29-44-41(33-43)28-30-51-52(44)46-13-5-6-17-49(46)61-51)60-57(59-55)48-16-8-18-50-53(48)47-15-7-14-45(54(47)62-50)42-26-22-35-10-2-4-12-39(35)32-42/h1-33H. The first-order chi connectivity index (χ1) is 30.7. The van der Waals surface area contributed by atoms with Gasteiger partial charge in [-0.2, -0.15) is 0 Å². The number of hydrogen-bond acceptors (Lipinski definition) is 5. The van der Waals surface area contributed by atoms with E-state index in [2.05, 4.69) is 176 Å². The summed E-state index contributed by atoms with van der Waals surface area (Å²) in [7, 11) is 0. The zero-order valence-corrected chi connectivity index (χ0v) is 33.2. The lowest BCUT2D eigenvalue weighted by Crippen LogP contribution is -2.00. The van der Waals surface area contributed by atoms with Crippen LogP contribution in [-0.2, 0) is 0 Å². The summed E-state index contributed by atoms with van der Waals surface area (Å²) in [6.45, 7) is 0. The molecule has 0 spiro atoms. The van der Waals surface area contributed by atoms with Crippen molar-refractivity contribution in [1.82, 2.24) is 15.0 Å². The van der Waals surface area contributed by atoms with Gasteiger partial charge in [0.15, 0.2) is 17.5 Å². The van der Waals surface area contributed by atoms with Crippen LogP contribution in [0.5, 0.6) is 0 Å². The van der Waals surface area contributed by atoms with Crippen molar-refractivity contribution >= 4 is 76.2 Å². The Morgan fingerprint density at radius 1 is 0.274 bits per heavy atom. The first-order valence-electron chi connectivity index (χ1n) is 20.8. The molecule has 13 rings (SSSR count). The van der Waals surface area contributed by atoms with Gasteiger partial charge in [-0.05, 0) is 85.4 Å². The summed E-state index contributed by atoms with van der Waals surface area (Å²) in [4.78, 5) is 15.7. The summed E-state index contributed by atoms with van der Waals surface area (Å²) in [5, 5.41) is 11.2. The Morgan fingerprint density at radius 3 is 1.65 bits per heavy atom. The third-order valence-electron chi connectivity index (χ3n) is 12.3. The normalized spacial score (nSPS) is 11.9. The molecule has 62 heavy (non-hydrogen) atoms. The summed E-state index contributed by atoms with van der Waals surface area (Å²) in [6, 6.07) is 69.9. The summed E-state index contributed by atoms with van der Waals surface area (Å²) in [5.74, 6) is 1.75. The van der Waals surface area contributed by atoms with E-state index in [9.17, 15) is 0 Å². The monoisotopic (exact) mass is 791 g/mol. The van der Waals surface area contributed by atoms with E-state index in [1.807, 2.05) is 24.3 Å². The van der Waals surface area contributed by atoms with Crippen LogP contribution in [-0.4, -0.2) is 15.0 Å². The zero-order valence-electron chi connectivity index (χ0n) is 33.2. The molecule has 0 amide bonds. The molecule has 0 atom stereocenters. The SMILES string of the molecule is c1ccc2cc(-c3ccc(-c4nc(-c5ccc6c(ccc7oc8ccccc8c76)c5)nc(-c5cccc6oc7c(-c8ccc9ccccc9c8)cccc7c56)n4)cc3)ccc2c1. The topological polar surface area (TPSA) is 65.0 Å². The van der Waals surface area contributed by atoms with E-state index in [4.69, 9.17) is 23.8 Å². The van der Waals surface area contributed by atoms with Gasteiger partial charge in [0, 0.05) is 43.8 Å². The Bertz CT molecular complexity index is 3940. The van der Waals surface area contributed by atoms with Gasteiger partial charge >= 0.3 is 0 Å². The van der Waals surface area contributed by atoms with Crippen molar-refractivity contribution in [3.8, 4) is 56.4 Å². The van der Waals surface area contributed by atoms with Crippen LogP contribution in [0.4, 0.5) is 0 Å². The third kappa shape index (κ3) is 5.52. The predicted octanol–water partition coefficient (Wildman–Crippen LogP) is 15.5. The second kappa shape index (κ2) is 13.6. The van der Waals surface area contributed by atoms with Crippen molar-refractivity contribution in [3.05, 3.63) is 200 Å². The number of aromatic nitrogens is 3. The van der Waals surface area contributed by atoms with Gasteiger partial charge in [0.2, 0.25) is 0 Å². The molecule has 5 nitrogen and oxygen atoms in total. The Kier molecular flexibility index (Phi) is 7.54. The number of hydrogen-bond donors (Lipinski definition) is 0. The lowest BCUT2D eigenvalue weighted by atomic mass is 9.98. The third-order valence-corrected chi connectivity index (χ3v) is 12.3. The van der Waals surface area contributed by atoms with Crippen LogP contribution in [0.3, 0.4) is 0 Å². The summed E-state index contributed by atoms with van der Waals surface area (Å²) >= 11 is 0. The molecule has 0 aliphatic carbocycles. The van der Waals surface area contributed by atoms with Gasteiger partial charge in [0.05, 0.1) is 0 Å². The van der Waals surface area contributed by atoms with Gasteiger partial charge in [-0.1, -0.05) is 164 Å². The molecule has 0 unspecified atom stereocenters. The molecular weight excluding hydrogens is 759 g/mol. The summed E-state index contributed by atoms with van der Waals surface area (Å²) in [5.41, 5.74) is 10.4. The molecule has 3 aromatic heterocycles. The smallest absolute Gasteiger partial charge is 0.164 e. The predicted molar refractivity (Wildman–Crippen MR) is 254 cm³/mol. The number of nitrogens with zero attached hydrogens (tertiary/aromatic N) is 3. The highest BCUT2D eigenvalue weighted by Crippen LogP contribution is 2.42. The molecule has 0 fully saturated rings. The Balaban J connectivity index is 0.987. The van der Waals surface area contributed by atoms with Crippen LogP contribution in [0.1, 0.15) is 0 Å². The maximum Gasteiger partial charge on any atom is 0.164 e. The lowest BCUT2D eigenvalue weighted by Gasteiger charge is -2.11. The molecule has 13 aromatic rings. The number of benzene rings is 10. The van der Waals surface area contributed by atoms with E-state index in [1.165, 1.54) is 21.5 Å². The average Bonchev–Trinajstić information content (AvgIpc) is 3.93. The largest absolute Gasteiger partial charge is 0.456 e. The number of para-hydroxylation sites is 2. The second-order valence-corrected chi connectivity index (χ2v) is 15.9. The molecule has 288 valence electrons. The van der Waals surface area contributed by atoms with E-state index < -0.39 is 0 Å². The van der Waals surface area contributed by atoms with E-state index in [1.54, 1.807) is 0 Å². The Labute approximate surface area is 355 Å². The van der Waals surface area contributed by atoms with Crippen molar-refractivity contribution < 1.29 is 8.83 Å². The van der Waals surface area contributed by atoms with Crippen LogP contribution in [0.15, 0.2) is 209 Å². The van der Waals surface area contributed by atoms with Crippen LogP contribution in [0, 0.1) is 0 Å². The molecule has 0 aliphatic heterocycles. The van der Waals surface area contributed by atoms with Crippen molar-refractivity contribution in [2.24, 2.45) is 0 Å². The summed E-state index contributed by atoms with van der Waals surface area (Å²) < 4.78 is 13.0. The van der Waals surface area contributed by atoms with Gasteiger partial charge in [-0.15, -0.1) is 0 Å². The molecule has 10 aromatic carbocycles. The summed E-state index contributed by atoms with van der Waals surface area (Å²) in [6.07, 6.45) is 0. The minimum atomic E-state index is 0.574. The minimum absolute atomic E-state index is 0.574. The number of fused-ring (bicyclic) bond motifs is 10. The maximum absolute atomic E-state index is 6.75. The maximum atomic E-state index is 6.75. The molecule has 0 aliphatic rings. The molecule has 3 heterocycles. The molecule has 0 radical (unpaired) electrons. The fraction of sp³-hybridized carbons (Fsp3) is 0. The van der Waals surface area contributed by atoms with E-state index in [-0.39, 0.29) is 0 Å². The van der Waals surface area contributed by atoms with E-state index in [0.717, 1.165) is 93.6 Å². The first-order valence-corrected chi connectivity index (χ1v) is 20.8. The lowest BCUT2D eigenvalue weighted by molar-refractivity contribution is 0.669. The molecule has 0 saturated heterocycles. The number of furan rings is 2. The fourth-order valence-corrected chi connectivity index (χ4v) is 9.25. The number of rotatable bonds is 5. The van der Waals surface area contributed by atoms with Crippen molar-refractivity contribution in [2.75, 3.05) is 0 Å². The van der Waals surface area contributed by atoms with Gasteiger partial charge in [0.25, 0.3) is 0 Å². The van der Waals surface area contributed by atoms with Gasteiger partial charge in [-0.3, -0.25) is 0 Å². The van der Waals surface area contributed by atoms with Gasteiger partial charge in [0.1, 0.15) is 22.3 Å². The second-order valence-electron chi connectivity index (χ2n) is 15.9. The van der Waals surface area contributed by atoms with Crippen LogP contribution in [0.25, 0.3) is 133 Å². The van der Waals surface area contributed by atoms with Gasteiger partial charge in [-0.25, -0.2) is 15.0 Å². The van der Waals surface area contributed by atoms with Crippen LogP contribution < -0.4 is 0 Å². The first kappa shape index (κ1) is 34.5. The van der Waals surface area contributed by atoms with Crippen molar-refractivity contribution in [2.45, 2.75) is 0 Å². The highest BCUT2D eigenvalue weighted by Gasteiger charge is 2.20. The quantitative estimate of drug-likeness (QED) is 0.174. The van der Waals surface area contributed by atoms with Crippen molar-refractivity contribution in [1.29, 1.82) is 0 Å². The highest BCUT2D eigenvalue weighted by molar-refractivity contribution is 6.19. The molecular formula is C57H33N3O2. The van der Waals surface area contributed by atoms with E-state index >= 15 is 0 Å². The van der Waals surface area contributed by atoms with Crippen LogP contribution in [0.2, 0.25) is 0 Å². The fourth-order valence-electron chi connectivity index (χ4n) is 9.25. The molecule has 0 N–H and O–H groups in total. The average molecular weight is 792 g/mol. The molecule has 0 bridgehead atoms. The zero-order chi connectivity index (χ0) is 40.7. The molecule has 0 saturated carbocycles. The Hall–Kier alpha value is -8.41. The highest BCUT2D eigenvalue weighted by atomic mass is 16.3. The molecule has 5 heteroatoms. The minimum Gasteiger partial charge on any atom is -0.456 e.